The van der Waals surface area contributed by atoms with E-state index in [4.69, 9.17) is 0 Å². The third kappa shape index (κ3) is 5.44. The van der Waals surface area contributed by atoms with Gasteiger partial charge in [-0.05, 0) is 43.5 Å². The molecule has 5 nitrogen and oxygen atoms in total. The van der Waals surface area contributed by atoms with Crippen LogP contribution in [0.5, 0.6) is 0 Å². The number of nitrogens with zero attached hydrogens (tertiary/aromatic N) is 2. The van der Waals surface area contributed by atoms with Gasteiger partial charge in [-0.1, -0.05) is 54.6 Å². The van der Waals surface area contributed by atoms with Crippen LogP contribution in [0.3, 0.4) is 0 Å². The quantitative estimate of drug-likeness (QED) is 0.611. The Morgan fingerprint density at radius 1 is 0.968 bits per heavy atom. The van der Waals surface area contributed by atoms with Gasteiger partial charge in [0.05, 0.1) is 5.69 Å². The maximum absolute atomic E-state index is 12.8. The van der Waals surface area contributed by atoms with E-state index < -0.39 is 0 Å². The highest BCUT2D eigenvalue weighted by Gasteiger charge is 2.22. The molecule has 1 aliphatic rings. The molecule has 158 valence electrons. The van der Waals surface area contributed by atoms with Crippen molar-refractivity contribution < 1.29 is 9.59 Å². The zero-order valence-electron chi connectivity index (χ0n) is 17.8. The topological polar surface area (TPSA) is 62.3 Å². The van der Waals surface area contributed by atoms with Crippen molar-refractivity contribution in [1.82, 2.24) is 15.2 Å². The maximum Gasteiger partial charge on any atom is 0.270 e. The minimum Gasteiger partial charge on any atom is -0.348 e. The summed E-state index contributed by atoms with van der Waals surface area (Å²) in [6.07, 6.45) is 1.86. The predicted molar refractivity (Wildman–Crippen MR) is 122 cm³/mol. The number of pyridine rings is 1. The summed E-state index contributed by atoms with van der Waals surface area (Å²) in [5, 5.41) is 3.15. The summed E-state index contributed by atoms with van der Waals surface area (Å²) in [5.41, 5.74) is 3.87. The number of rotatable bonds is 6. The Labute approximate surface area is 183 Å². The number of carbonyl (C=O) groups excluding carboxylic acids is 2. The summed E-state index contributed by atoms with van der Waals surface area (Å²) in [5.74, 6) is -0.138. The van der Waals surface area contributed by atoms with Crippen LogP contribution < -0.4 is 5.32 Å². The number of ketones is 1. The van der Waals surface area contributed by atoms with E-state index in [0.29, 0.717) is 17.0 Å². The molecular formula is C26H27N3O2. The van der Waals surface area contributed by atoms with Gasteiger partial charge in [-0.3, -0.25) is 14.5 Å². The summed E-state index contributed by atoms with van der Waals surface area (Å²) in [7, 11) is 0. The monoisotopic (exact) mass is 413 g/mol. The summed E-state index contributed by atoms with van der Waals surface area (Å²) in [6, 6.07) is 23.4. The third-order valence-electron chi connectivity index (χ3n) is 5.72. The highest BCUT2D eigenvalue weighted by Crippen LogP contribution is 2.20. The fourth-order valence-electron chi connectivity index (χ4n) is 3.96. The average molecular weight is 414 g/mol. The van der Waals surface area contributed by atoms with E-state index in [-0.39, 0.29) is 17.7 Å². The first-order valence-corrected chi connectivity index (χ1v) is 10.7. The molecule has 0 atom stereocenters. The molecule has 0 radical (unpaired) electrons. The SMILES string of the molecule is CC(=O)c1cccc(-c2cccc(C(=O)NC3CCN(Cc4ccccc4)CC3)n2)c1. The second-order valence-corrected chi connectivity index (χ2v) is 8.05. The zero-order valence-corrected chi connectivity index (χ0v) is 17.8. The standard InChI is InChI=1S/C26H27N3O2/c1-19(30)21-9-5-10-22(17-21)24-11-6-12-25(28-24)26(31)27-23-13-15-29(16-14-23)18-20-7-3-2-4-8-20/h2-12,17,23H,13-16,18H2,1H3,(H,27,31). The van der Waals surface area contributed by atoms with Crippen LogP contribution in [0.2, 0.25) is 0 Å². The van der Waals surface area contributed by atoms with Gasteiger partial charge < -0.3 is 5.32 Å². The molecule has 0 bridgehead atoms. The number of likely N-dealkylation sites (tertiary alicyclic amines) is 1. The minimum absolute atomic E-state index is 0.00866. The van der Waals surface area contributed by atoms with Crippen LogP contribution >= 0.6 is 0 Å². The molecule has 0 spiro atoms. The van der Waals surface area contributed by atoms with E-state index in [1.807, 2.05) is 36.4 Å². The molecule has 2 heterocycles. The van der Waals surface area contributed by atoms with Crippen LogP contribution in [0.1, 0.15) is 46.2 Å². The van der Waals surface area contributed by atoms with Crippen molar-refractivity contribution in [2.24, 2.45) is 0 Å². The van der Waals surface area contributed by atoms with Crippen molar-refractivity contribution in [3.05, 3.63) is 89.6 Å². The minimum atomic E-state index is -0.147. The van der Waals surface area contributed by atoms with Gasteiger partial charge in [0.15, 0.2) is 5.78 Å². The average Bonchev–Trinajstić information content (AvgIpc) is 2.81. The predicted octanol–water partition coefficient (Wildman–Crippen LogP) is 4.35. The van der Waals surface area contributed by atoms with Gasteiger partial charge in [-0.15, -0.1) is 0 Å². The lowest BCUT2D eigenvalue weighted by Gasteiger charge is -2.32. The summed E-state index contributed by atoms with van der Waals surface area (Å²) in [6.45, 7) is 4.42. The molecule has 0 saturated carbocycles. The first-order valence-electron chi connectivity index (χ1n) is 10.7. The van der Waals surface area contributed by atoms with Crippen LogP contribution in [0.15, 0.2) is 72.8 Å². The van der Waals surface area contributed by atoms with E-state index in [9.17, 15) is 9.59 Å². The van der Waals surface area contributed by atoms with E-state index in [1.165, 1.54) is 5.56 Å². The number of piperidine rings is 1. The van der Waals surface area contributed by atoms with Crippen LogP contribution in [-0.2, 0) is 6.54 Å². The molecule has 0 aliphatic carbocycles. The zero-order chi connectivity index (χ0) is 21.6. The first kappa shape index (κ1) is 20.9. The molecule has 1 fully saturated rings. The van der Waals surface area contributed by atoms with Crippen LogP contribution in [0.25, 0.3) is 11.3 Å². The summed E-state index contributed by atoms with van der Waals surface area (Å²) in [4.78, 5) is 31.4. The fraction of sp³-hybridized carbons (Fsp3) is 0.269. The van der Waals surface area contributed by atoms with Gasteiger partial charge in [-0.25, -0.2) is 4.98 Å². The van der Waals surface area contributed by atoms with Gasteiger partial charge in [0.25, 0.3) is 5.91 Å². The van der Waals surface area contributed by atoms with Crippen molar-refractivity contribution in [2.75, 3.05) is 13.1 Å². The van der Waals surface area contributed by atoms with E-state index >= 15 is 0 Å². The highest BCUT2D eigenvalue weighted by atomic mass is 16.2. The van der Waals surface area contributed by atoms with Gasteiger partial charge in [-0.2, -0.15) is 0 Å². The van der Waals surface area contributed by atoms with E-state index in [1.54, 1.807) is 19.1 Å². The normalized spacial score (nSPS) is 14.9. The number of nitrogens with one attached hydrogen (secondary N) is 1. The lowest BCUT2D eigenvalue weighted by atomic mass is 10.0. The van der Waals surface area contributed by atoms with Crippen LogP contribution in [0, 0.1) is 0 Å². The molecule has 3 aromatic rings. The van der Waals surface area contributed by atoms with Gasteiger partial charge in [0.2, 0.25) is 0 Å². The Kier molecular flexibility index (Phi) is 6.53. The number of amides is 1. The van der Waals surface area contributed by atoms with Crippen molar-refractivity contribution >= 4 is 11.7 Å². The number of carbonyl (C=O) groups is 2. The largest absolute Gasteiger partial charge is 0.348 e. The molecule has 1 saturated heterocycles. The summed E-state index contributed by atoms with van der Waals surface area (Å²) < 4.78 is 0. The molecule has 31 heavy (non-hydrogen) atoms. The second-order valence-electron chi connectivity index (χ2n) is 8.05. The molecule has 1 aliphatic heterocycles. The Morgan fingerprint density at radius 3 is 2.45 bits per heavy atom. The van der Waals surface area contributed by atoms with Crippen LogP contribution in [-0.4, -0.2) is 40.7 Å². The van der Waals surface area contributed by atoms with Crippen molar-refractivity contribution in [3.8, 4) is 11.3 Å². The number of benzene rings is 2. The Morgan fingerprint density at radius 2 is 1.71 bits per heavy atom. The lowest BCUT2D eigenvalue weighted by Crippen LogP contribution is -2.44. The molecule has 4 rings (SSSR count). The lowest BCUT2D eigenvalue weighted by molar-refractivity contribution is 0.0903. The first-order chi connectivity index (χ1) is 15.1. The molecular weight excluding hydrogens is 386 g/mol. The van der Waals surface area contributed by atoms with Crippen molar-refractivity contribution in [2.45, 2.75) is 32.4 Å². The van der Waals surface area contributed by atoms with E-state index in [2.05, 4.69) is 39.5 Å². The van der Waals surface area contributed by atoms with Gasteiger partial charge in [0.1, 0.15) is 5.69 Å². The Balaban J connectivity index is 1.36. The molecule has 2 aromatic carbocycles. The third-order valence-corrected chi connectivity index (χ3v) is 5.72. The van der Waals surface area contributed by atoms with Crippen molar-refractivity contribution in [1.29, 1.82) is 0 Å². The van der Waals surface area contributed by atoms with Crippen LogP contribution in [0.4, 0.5) is 0 Å². The van der Waals surface area contributed by atoms with E-state index in [0.717, 1.165) is 38.0 Å². The number of aromatic nitrogens is 1. The Hall–Kier alpha value is -3.31. The molecule has 1 aromatic heterocycles. The van der Waals surface area contributed by atoms with Gasteiger partial charge in [0, 0.05) is 36.8 Å². The molecule has 1 amide bonds. The van der Waals surface area contributed by atoms with Gasteiger partial charge >= 0.3 is 0 Å². The van der Waals surface area contributed by atoms with Crippen molar-refractivity contribution in [3.63, 3.8) is 0 Å². The Bertz CT molecular complexity index is 1060. The second kappa shape index (κ2) is 9.67. The number of Topliss-reactive ketones (excluding diaryl/α,β-unsaturated/α-hetero) is 1. The molecule has 5 heteroatoms. The molecule has 1 N–H and O–H groups in total. The number of hydrogen-bond donors (Lipinski definition) is 1. The highest BCUT2D eigenvalue weighted by molar-refractivity contribution is 5.95. The maximum atomic E-state index is 12.8. The smallest absolute Gasteiger partial charge is 0.270 e. The fourth-order valence-corrected chi connectivity index (χ4v) is 3.96. The number of hydrogen-bond acceptors (Lipinski definition) is 4. The summed E-state index contributed by atoms with van der Waals surface area (Å²) >= 11 is 0. The molecule has 0 unspecified atom stereocenters.